The summed E-state index contributed by atoms with van der Waals surface area (Å²) in [5.41, 5.74) is 0.682. The molecule has 0 aliphatic heterocycles. The molecule has 0 atom stereocenters. The van der Waals surface area contributed by atoms with Crippen molar-refractivity contribution >= 4 is 27.8 Å². The van der Waals surface area contributed by atoms with E-state index in [1.54, 1.807) is 36.4 Å². The summed E-state index contributed by atoms with van der Waals surface area (Å²) >= 11 is 0. The number of hydrogen-bond donors (Lipinski definition) is 1. The van der Waals surface area contributed by atoms with Gasteiger partial charge in [0.05, 0.1) is 22.1 Å². The van der Waals surface area contributed by atoms with Gasteiger partial charge in [-0.1, -0.05) is 36.4 Å². The van der Waals surface area contributed by atoms with E-state index < -0.39 is 4.92 Å². The average molecular weight is 357 g/mol. The Morgan fingerprint density at radius 1 is 0.913 bits per heavy atom. The topological polar surface area (TPSA) is 88.1 Å². The van der Waals surface area contributed by atoms with Crippen molar-refractivity contribution in [1.82, 2.24) is 0 Å². The first-order chi connectivity index (χ1) is 10.7. The van der Waals surface area contributed by atoms with Gasteiger partial charge in [0.1, 0.15) is 5.69 Å². The van der Waals surface area contributed by atoms with Gasteiger partial charge in [0.15, 0.2) is 5.75 Å². The zero-order valence-electron chi connectivity index (χ0n) is 11.7. The maximum absolute atomic E-state index is 11.1. The predicted octanol–water partition coefficient (Wildman–Crippen LogP) is 4.87. The van der Waals surface area contributed by atoms with E-state index in [1.165, 1.54) is 0 Å². The second-order valence-electron chi connectivity index (χ2n) is 4.60. The Morgan fingerprint density at radius 2 is 1.52 bits per heavy atom. The summed E-state index contributed by atoms with van der Waals surface area (Å²) in [4.78, 5) is 10.6. The van der Waals surface area contributed by atoms with Crippen molar-refractivity contribution in [3.63, 3.8) is 0 Å². The van der Waals surface area contributed by atoms with Crippen molar-refractivity contribution in [2.75, 3.05) is 0 Å². The van der Waals surface area contributed by atoms with Gasteiger partial charge >= 0.3 is 0 Å². The molecule has 0 fully saturated rings. The van der Waals surface area contributed by atoms with E-state index >= 15 is 0 Å². The van der Waals surface area contributed by atoms with E-state index in [0.29, 0.717) is 16.5 Å². The third-order valence-electron chi connectivity index (χ3n) is 3.19. The largest absolute Gasteiger partial charge is 0.505 e. The van der Waals surface area contributed by atoms with Gasteiger partial charge < -0.3 is 5.11 Å². The van der Waals surface area contributed by atoms with E-state index in [4.69, 9.17) is 0 Å². The number of nitrogens with zero attached hydrogens (tertiary/aromatic N) is 3. The molecule has 3 rings (SSSR count). The number of fused-ring (bicyclic) bond motifs is 1. The van der Waals surface area contributed by atoms with Crippen LogP contribution in [0.1, 0.15) is 0 Å². The molecule has 7 heteroatoms. The average Bonchev–Trinajstić information content (AvgIpc) is 2.54. The van der Waals surface area contributed by atoms with Gasteiger partial charge in [0, 0.05) is 22.5 Å². The first kappa shape index (κ1) is 16.6. The molecular weight excluding hydrogens is 346 g/mol. The van der Waals surface area contributed by atoms with Gasteiger partial charge in [-0.25, -0.2) is 0 Å². The van der Waals surface area contributed by atoms with Crippen molar-refractivity contribution in [2.24, 2.45) is 10.2 Å². The number of nitro groups is 1. The third-order valence-corrected chi connectivity index (χ3v) is 3.19. The molecule has 0 bridgehead atoms. The van der Waals surface area contributed by atoms with Crippen LogP contribution in [0.5, 0.6) is 5.75 Å². The molecule has 119 valence electrons. The van der Waals surface area contributed by atoms with E-state index in [9.17, 15) is 15.2 Å². The smallest absolute Gasteiger partial charge is 0.281 e. The molecule has 0 aromatic heterocycles. The molecule has 0 aliphatic rings. The molecule has 1 N–H and O–H groups in total. The summed E-state index contributed by atoms with van der Waals surface area (Å²) in [6.07, 6.45) is 0. The van der Waals surface area contributed by atoms with Crippen molar-refractivity contribution in [3.8, 4) is 5.75 Å². The number of phenolic OH excluding ortho intramolecular Hbond substituents is 1. The molecule has 3 aromatic rings. The molecular formula is C16H11CuN3O3. The van der Waals surface area contributed by atoms with E-state index in [2.05, 4.69) is 10.2 Å². The van der Waals surface area contributed by atoms with E-state index in [-0.39, 0.29) is 34.2 Å². The van der Waals surface area contributed by atoms with Gasteiger partial charge in [-0.15, -0.1) is 5.11 Å². The fourth-order valence-electron chi connectivity index (χ4n) is 2.19. The summed E-state index contributed by atoms with van der Waals surface area (Å²) in [7, 11) is 0. The number of non-ortho nitro benzene ring substituents is 1. The van der Waals surface area contributed by atoms with Crippen LogP contribution in [-0.4, -0.2) is 10.0 Å². The molecule has 1 radical (unpaired) electrons. The first-order valence-electron chi connectivity index (χ1n) is 6.52. The number of azo groups is 1. The first-order valence-corrected chi connectivity index (χ1v) is 6.52. The van der Waals surface area contributed by atoms with Crippen molar-refractivity contribution < 1.29 is 27.1 Å². The minimum atomic E-state index is -0.528. The SMILES string of the molecule is O=[N+]([O-])c1cc(O)c(N=Nc2ccccc2)c2ccccc12.[Cu]. The number of nitro benzene ring substituents is 1. The zero-order valence-corrected chi connectivity index (χ0v) is 12.6. The molecule has 6 nitrogen and oxygen atoms in total. The van der Waals surface area contributed by atoms with Gasteiger partial charge in [-0.3, -0.25) is 10.1 Å². The van der Waals surface area contributed by atoms with Crippen LogP contribution in [0.25, 0.3) is 10.8 Å². The number of phenols is 1. The van der Waals surface area contributed by atoms with Crippen LogP contribution in [0, 0.1) is 10.1 Å². The van der Waals surface area contributed by atoms with Crippen molar-refractivity contribution in [2.45, 2.75) is 0 Å². The van der Waals surface area contributed by atoms with Crippen LogP contribution in [-0.2, 0) is 17.1 Å². The van der Waals surface area contributed by atoms with Crippen LogP contribution in [0.4, 0.5) is 17.1 Å². The molecule has 0 spiro atoms. The maximum atomic E-state index is 11.1. The molecule has 0 saturated carbocycles. The second-order valence-corrected chi connectivity index (χ2v) is 4.60. The van der Waals surface area contributed by atoms with Crippen LogP contribution < -0.4 is 0 Å². The Hall–Kier alpha value is -2.76. The van der Waals surface area contributed by atoms with Crippen LogP contribution >= 0.6 is 0 Å². The molecule has 3 aromatic carbocycles. The summed E-state index contributed by atoms with van der Waals surface area (Å²) in [6, 6.07) is 16.9. The normalized spacial score (nSPS) is 10.6. The molecule has 0 unspecified atom stereocenters. The van der Waals surface area contributed by atoms with Crippen LogP contribution in [0.15, 0.2) is 70.9 Å². The predicted molar refractivity (Wildman–Crippen MR) is 82.9 cm³/mol. The quantitative estimate of drug-likeness (QED) is 0.314. The van der Waals surface area contributed by atoms with Gasteiger partial charge in [0.2, 0.25) is 0 Å². The Bertz CT molecular complexity index is 882. The molecule has 0 saturated heterocycles. The summed E-state index contributed by atoms with van der Waals surface area (Å²) in [5, 5.41) is 30.2. The second kappa shape index (κ2) is 7.00. The van der Waals surface area contributed by atoms with E-state index in [0.717, 1.165) is 6.07 Å². The van der Waals surface area contributed by atoms with Crippen LogP contribution in [0.2, 0.25) is 0 Å². The molecule has 0 heterocycles. The Kier molecular flexibility index (Phi) is 5.05. The van der Waals surface area contributed by atoms with Crippen molar-refractivity contribution in [1.29, 1.82) is 0 Å². The fraction of sp³-hybridized carbons (Fsp3) is 0. The van der Waals surface area contributed by atoms with Crippen LogP contribution in [0.3, 0.4) is 0 Å². The van der Waals surface area contributed by atoms with Gasteiger partial charge in [-0.05, 0) is 18.2 Å². The maximum Gasteiger partial charge on any atom is 0.281 e. The molecule has 0 amide bonds. The molecule has 0 aliphatic carbocycles. The standard InChI is InChI=1S/C16H11N3O3.Cu/c20-15-10-14(19(21)22)12-8-4-5-9-13(12)16(15)18-17-11-6-2-1-3-7-11;/h1-10,20H;. The number of benzene rings is 3. The summed E-state index contributed by atoms with van der Waals surface area (Å²) < 4.78 is 0. The molecule has 23 heavy (non-hydrogen) atoms. The zero-order chi connectivity index (χ0) is 15.5. The fourth-order valence-corrected chi connectivity index (χ4v) is 2.19. The third kappa shape index (κ3) is 3.36. The van der Waals surface area contributed by atoms with Gasteiger partial charge in [-0.2, -0.15) is 5.11 Å². The van der Waals surface area contributed by atoms with Gasteiger partial charge in [0.25, 0.3) is 5.69 Å². The van der Waals surface area contributed by atoms with E-state index in [1.807, 2.05) is 18.2 Å². The monoisotopic (exact) mass is 356 g/mol. The Morgan fingerprint density at radius 3 is 2.17 bits per heavy atom. The Labute approximate surface area is 142 Å². The summed E-state index contributed by atoms with van der Waals surface area (Å²) in [5.74, 6) is -0.273. The Balaban J connectivity index is 0.00000192. The number of aromatic hydroxyl groups is 1. The minimum absolute atomic E-state index is 0. The minimum Gasteiger partial charge on any atom is -0.505 e. The number of hydrogen-bond acceptors (Lipinski definition) is 5. The summed E-state index contributed by atoms with van der Waals surface area (Å²) in [6.45, 7) is 0. The number of rotatable bonds is 3. The van der Waals surface area contributed by atoms with Crippen molar-refractivity contribution in [3.05, 3.63) is 70.8 Å².